The molecule has 0 bridgehead atoms. The summed E-state index contributed by atoms with van der Waals surface area (Å²) in [5.41, 5.74) is 1.25. The van der Waals surface area contributed by atoms with Crippen LogP contribution in [0.5, 0.6) is 0 Å². The topological polar surface area (TPSA) is 46.2 Å². The van der Waals surface area contributed by atoms with Crippen LogP contribution in [0.25, 0.3) is 0 Å². The first-order chi connectivity index (χ1) is 9.50. The summed E-state index contributed by atoms with van der Waals surface area (Å²) >= 11 is 5.91. The Bertz CT molecular complexity index is 527. The number of sulfone groups is 1. The first kappa shape index (κ1) is 15.8. The second kappa shape index (κ2) is 6.92. The molecule has 1 heterocycles. The Hall–Kier alpha value is -0.580. The third-order valence-electron chi connectivity index (χ3n) is 3.95. The zero-order valence-corrected chi connectivity index (χ0v) is 13.4. The highest BCUT2D eigenvalue weighted by atomic mass is 35.5. The van der Waals surface area contributed by atoms with Crippen LogP contribution in [-0.4, -0.2) is 32.5 Å². The third-order valence-corrected chi connectivity index (χ3v) is 6.02. The van der Waals surface area contributed by atoms with Crippen molar-refractivity contribution < 1.29 is 8.42 Å². The SMILES string of the molecule is CC[C@H](CN[C@H]1CCCS(=O)(=O)C1)c1ccc(Cl)cc1. The van der Waals surface area contributed by atoms with Crippen molar-refractivity contribution in [3.63, 3.8) is 0 Å². The van der Waals surface area contributed by atoms with Gasteiger partial charge in [0.1, 0.15) is 0 Å². The molecule has 1 aromatic carbocycles. The molecule has 5 heteroatoms. The van der Waals surface area contributed by atoms with E-state index in [0.29, 0.717) is 11.7 Å². The first-order valence-electron chi connectivity index (χ1n) is 7.19. The fourth-order valence-corrected chi connectivity index (χ4v) is 4.52. The quantitative estimate of drug-likeness (QED) is 0.908. The molecule has 1 saturated heterocycles. The number of halogens is 1. The Morgan fingerprint density at radius 1 is 1.35 bits per heavy atom. The van der Waals surface area contributed by atoms with Gasteiger partial charge in [-0.05, 0) is 42.9 Å². The Morgan fingerprint density at radius 3 is 2.65 bits per heavy atom. The number of nitrogens with one attached hydrogen (secondary N) is 1. The lowest BCUT2D eigenvalue weighted by Gasteiger charge is -2.25. The minimum absolute atomic E-state index is 0.107. The van der Waals surface area contributed by atoms with E-state index < -0.39 is 9.84 Å². The maximum absolute atomic E-state index is 11.6. The van der Waals surface area contributed by atoms with E-state index in [1.165, 1.54) is 5.56 Å². The molecule has 20 heavy (non-hydrogen) atoms. The summed E-state index contributed by atoms with van der Waals surface area (Å²) in [6.45, 7) is 2.97. The monoisotopic (exact) mass is 315 g/mol. The average Bonchev–Trinajstić information content (AvgIpc) is 2.40. The van der Waals surface area contributed by atoms with Crippen molar-refractivity contribution in [2.75, 3.05) is 18.1 Å². The van der Waals surface area contributed by atoms with E-state index in [4.69, 9.17) is 11.6 Å². The lowest BCUT2D eigenvalue weighted by Crippen LogP contribution is -2.41. The molecule has 0 spiro atoms. The number of benzene rings is 1. The lowest BCUT2D eigenvalue weighted by atomic mass is 9.96. The van der Waals surface area contributed by atoms with Crippen LogP contribution in [0.3, 0.4) is 0 Å². The molecule has 0 aromatic heterocycles. The molecule has 1 aliphatic rings. The second-order valence-electron chi connectivity index (χ2n) is 5.52. The predicted molar refractivity (Wildman–Crippen MR) is 84.2 cm³/mol. The molecule has 0 radical (unpaired) electrons. The average molecular weight is 316 g/mol. The highest BCUT2D eigenvalue weighted by Gasteiger charge is 2.24. The third kappa shape index (κ3) is 4.47. The molecule has 0 unspecified atom stereocenters. The molecular weight excluding hydrogens is 294 g/mol. The van der Waals surface area contributed by atoms with Gasteiger partial charge in [0, 0.05) is 17.6 Å². The van der Waals surface area contributed by atoms with Crippen molar-refractivity contribution >= 4 is 21.4 Å². The molecule has 1 aromatic rings. The maximum atomic E-state index is 11.6. The Morgan fingerprint density at radius 2 is 2.05 bits per heavy atom. The van der Waals surface area contributed by atoms with Crippen molar-refractivity contribution in [2.45, 2.75) is 38.1 Å². The standard InChI is InChI=1S/C15H22ClNO2S/c1-2-12(13-5-7-14(16)8-6-13)10-17-15-4-3-9-20(18,19)11-15/h5-8,12,15,17H,2-4,9-11H2,1H3/t12-,15+/m1/s1. The molecule has 2 atom stereocenters. The van der Waals surface area contributed by atoms with E-state index in [-0.39, 0.29) is 11.8 Å². The predicted octanol–water partition coefficient (Wildman–Crippen LogP) is 3.00. The van der Waals surface area contributed by atoms with Crippen LogP contribution >= 0.6 is 11.6 Å². The van der Waals surface area contributed by atoms with Gasteiger partial charge < -0.3 is 5.32 Å². The Balaban J connectivity index is 1.92. The molecule has 0 aliphatic carbocycles. The van der Waals surface area contributed by atoms with E-state index >= 15 is 0 Å². The Labute approximate surface area is 126 Å². The smallest absolute Gasteiger partial charge is 0.151 e. The summed E-state index contributed by atoms with van der Waals surface area (Å²) in [7, 11) is -2.84. The molecule has 1 aliphatic heterocycles. The number of hydrogen-bond donors (Lipinski definition) is 1. The molecule has 0 saturated carbocycles. The summed E-state index contributed by atoms with van der Waals surface area (Å²) < 4.78 is 23.3. The van der Waals surface area contributed by atoms with Crippen molar-refractivity contribution in [2.24, 2.45) is 0 Å². The van der Waals surface area contributed by atoms with Crippen LogP contribution in [-0.2, 0) is 9.84 Å². The van der Waals surface area contributed by atoms with Crippen molar-refractivity contribution in [1.29, 1.82) is 0 Å². The van der Waals surface area contributed by atoms with Gasteiger partial charge in [-0.2, -0.15) is 0 Å². The largest absolute Gasteiger partial charge is 0.312 e. The van der Waals surface area contributed by atoms with Crippen LogP contribution in [0, 0.1) is 0 Å². The fourth-order valence-electron chi connectivity index (χ4n) is 2.73. The summed E-state index contributed by atoms with van der Waals surface area (Å²) in [5.74, 6) is 1.03. The first-order valence-corrected chi connectivity index (χ1v) is 9.39. The van der Waals surface area contributed by atoms with Crippen LogP contribution < -0.4 is 5.32 Å². The molecule has 0 amide bonds. The number of hydrogen-bond acceptors (Lipinski definition) is 3. The van der Waals surface area contributed by atoms with Gasteiger partial charge in [-0.15, -0.1) is 0 Å². The van der Waals surface area contributed by atoms with Gasteiger partial charge in [0.05, 0.1) is 11.5 Å². The van der Waals surface area contributed by atoms with Gasteiger partial charge in [0.25, 0.3) is 0 Å². The highest BCUT2D eigenvalue weighted by Crippen LogP contribution is 2.21. The molecule has 1 fully saturated rings. The maximum Gasteiger partial charge on any atom is 0.151 e. The van der Waals surface area contributed by atoms with Crippen molar-refractivity contribution in [3.05, 3.63) is 34.9 Å². The normalized spacial score (nSPS) is 23.4. The van der Waals surface area contributed by atoms with Gasteiger partial charge >= 0.3 is 0 Å². The van der Waals surface area contributed by atoms with E-state index in [9.17, 15) is 8.42 Å². The van der Waals surface area contributed by atoms with Gasteiger partial charge in [-0.1, -0.05) is 30.7 Å². The zero-order chi connectivity index (χ0) is 14.6. The van der Waals surface area contributed by atoms with E-state index in [0.717, 1.165) is 30.8 Å². The zero-order valence-electron chi connectivity index (χ0n) is 11.8. The van der Waals surface area contributed by atoms with E-state index in [1.807, 2.05) is 12.1 Å². The summed E-state index contributed by atoms with van der Waals surface area (Å²) in [4.78, 5) is 0. The molecule has 112 valence electrons. The summed E-state index contributed by atoms with van der Waals surface area (Å²) in [5, 5.41) is 4.17. The highest BCUT2D eigenvalue weighted by molar-refractivity contribution is 7.91. The number of rotatable bonds is 5. The molecule has 3 nitrogen and oxygen atoms in total. The minimum atomic E-state index is -2.84. The van der Waals surface area contributed by atoms with Gasteiger partial charge in [-0.25, -0.2) is 8.42 Å². The van der Waals surface area contributed by atoms with E-state index in [2.05, 4.69) is 24.4 Å². The van der Waals surface area contributed by atoms with Gasteiger partial charge in [0.2, 0.25) is 0 Å². The van der Waals surface area contributed by atoms with Gasteiger partial charge in [-0.3, -0.25) is 0 Å². The van der Waals surface area contributed by atoms with Gasteiger partial charge in [0.15, 0.2) is 9.84 Å². The minimum Gasteiger partial charge on any atom is -0.312 e. The lowest BCUT2D eigenvalue weighted by molar-refractivity contribution is 0.455. The second-order valence-corrected chi connectivity index (χ2v) is 8.18. The summed E-state index contributed by atoms with van der Waals surface area (Å²) in [6, 6.07) is 8.02. The Kier molecular flexibility index (Phi) is 5.47. The fraction of sp³-hybridized carbons (Fsp3) is 0.600. The molecule has 2 rings (SSSR count). The van der Waals surface area contributed by atoms with Crippen LogP contribution in [0.2, 0.25) is 5.02 Å². The van der Waals surface area contributed by atoms with Crippen molar-refractivity contribution in [3.8, 4) is 0 Å². The van der Waals surface area contributed by atoms with E-state index in [1.54, 1.807) is 0 Å². The molecular formula is C15H22ClNO2S. The summed E-state index contributed by atoms with van der Waals surface area (Å²) in [6.07, 6.45) is 2.75. The van der Waals surface area contributed by atoms with Crippen molar-refractivity contribution in [1.82, 2.24) is 5.32 Å². The molecule has 1 N–H and O–H groups in total. The van der Waals surface area contributed by atoms with Crippen LogP contribution in [0.4, 0.5) is 0 Å². The van der Waals surface area contributed by atoms with Crippen LogP contribution in [0.1, 0.15) is 37.7 Å². The van der Waals surface area contributed by atoms with Crippen LogP contribution in [0.15, 0.2) is 24.3 Å².